The van der Waals surface area contributed by atoms with Gasteiger partial charge in [0.15, 0.2) is 0 Å². The average Bonchev–Trinajstić information content (AvgIpc) is 2.67. The van der Waals surface area contributed by atoms with E-state index in [4.69, 9.17) is 10.5 Å². The smallest absolute Gasteiger partial charge is 0.346 e. The van der Waals surface area contributed by atoms with Crippen LogP contribution in [0.1, 0.15) is 26.3 Å². The highest BCUT2D eigenvalue weighted by atomic mass is 16.5. The van der Waals surface area contributed by atoms with E-state index in [9.17, 15) is 4.79 Å². The highest BCUT2D eigenvalue weighted by Crippen LogP contribution is 2.47. The number of aliphatic imine (C=N–C) groups is 1. The largest absolute Gasteiger partial charge is 0.493 e. The van der Waals surface area contributed by atoms with Gasteiger partial charge in [0.2, 0.25) is 0 Å². The molecule has 5 heteroatoms. The Morgan fingerprint density at radius 3 is 2.90 bits per heavy atom. The van der Waals surface area contributed by atoms with Crippen LogP contribution in [0.15, 0.2) is 29.3 Å². The van der Waals surface area contributed by atoms with Crippen molar-refractivity contribution >= 4 is 11.9 Å². The van der Waals surface area contributed by atoms with E-state index >= 15 is 0 Å². The van der Waals surface area contributed by atoms with E-state index in [-0.39, 0.29) is 11.9 Å². The summed E-state index contributed by atoms with van der Waals surface area (Å²) in [6, 6.07) is 7.54. The Hall–Kier alpha value is -2.04. The number of urea groups is 1. The quantitative estimate of drug-likeness (QED) is 0.908. The van der Waals surface area contributed by atoms with Gasteiger partial charge in [-0.3, -0.25) is 0 Å². The van der Waals surface area contributed by atoms with Crippen LogP contribution in [0, 0.1) is 11.8 Å². The Morgan fingerprint density at radius 1 is 1.48 bits per heavy atom. The number of rotatable bonds is 2. The molecule has 2 N–H and O–H groups in total. The Kier molecular flexibility index (Phi) is 3.15. The zero-order chi connectivity index (χ0) is 15.2. The first-order chi connectivity index (χ1) is 9.97. The van der Waals surface area contributed by atoms with Crippen molar-refractivity contribution in [1.29, 1.82) is 0 Å². The molecule has 5 nitrogen and oxygen atoms in total. The van der Waals surface area contributed by atoms with Crippen LogP contribution >= 0.6 is 0 Å². The number of nitrogens with two attached hydrogens (primary N) is 1. The minimum absolute atomic E-state index is 0.0568. The second kappa shape index (κ2) is 4.76. The third kappa shape index (κ3) is 1.83. The van der Waals surface area contributed by atoms with Gasteiger partial charge in [0.05, 0.1) is 6.61 Å². The fourth-order valence-corrected chi connectivity index (χ4v) is 3.44. The number of carbonyl (C=O) groups is 1. The summed E-state index contributed by atoms with van der Waals surface area (Å²) in [6.07, 6.45) is 0. The van der Waals surface area contributed by atoms with E-state index in [1.54, 1.807) is 0 Å². The van der Waals surface area contributed by atoms with Gasteiger partial charge in [-0.1, -0.05) is 39.0 Å². The van der Waals surface area contributed by atoms with E-state index in [2.05, 4.69) is 25.8 Å². The molecule has 1 aromatic carbocycles. The molecule has 3 rings (SSSR count). The average molecular weight is 287 g/mol. The fourth-order valence-electron chi connectivity index (χ4n) is 3.44. The molecule has 0 saturated carbocycles. The molecule has 0 aliphatic carbocycles. The summed E-state index contributed by atoms with van der Waals surface area (Å²) in [5.74, 6) is 1.57. The number of nitrogens with zero attached hydrogens (tertiary/aromatic N) is 2. The first kappa shape index (κ1) is 13.9. The molecule has 2 aliphatic heterocycles. The molecule has 2 amide bonds. The zero-order valence-corrected chi connectivity index (χ0v) is 12.7. The summed E-state index contributed by atoms with van der Waals surface area (Å²) < 4.78 is 5.81. The van der Waals surface area contributed by atoms with Crippen LogP contribution < -0.4 is 10.5 Å². The number of hydrogen-bond acceptors (Lipinski definition) is 3. The van der Waals surface area contributed by atoms with Gasteiger partial charge in [-0.2, -0.15) is 4.99 Å². The Labute approximate surface area is 124 Å². The first-order valence-electron chi connectivity index (χ1n) is 7.36. The van der Waals surface area contributed by atoms with Crippen LogP contribution in [0.4, 0.5) is 4.79 Å². The molecule has 2 unspecified atom stereocenters. The number of amides is 2. The molecule has 2 heterocycles. The molecular formula is C16H21N3O2. The van der Waals surface area contributed by atoms with Crippen LogP contribution in [0.5, 0.6) is 5.75 Å². The third-order valence-corrected chi connectivity index (χ3v) is 4.31. The van der Waals surface area contributed by atoms with Crippen molar-refractivity contribution in [3.05, 3.63) is 29.8 Å². The highest BCUT2D eigenvalue weighted by Gasteiger charge is 2.56. The van der Waals surface area contributed by atoms with Crippen molar-refractivity contribution in [3.63, 3.8) is 0 Å². The van der Waals surface area contributed by atoms with Gasteiger partial charge in [0.25, 0.3) is 0 Å². The minimum Gasteiger partial charge on any atom is -0.493 e. The summed E-state index contributed by atoms with van der Waals surface area (Å²) >= 11 is 0. The van der Waals surface area contributed by atoms with Crippen LogP contribution in [0.25, 0.3) is 0 Å². The molecule has 1 aromatic rings. The second-order valence-electron chi connectivity index (χ2n) is 6.26. The van der Waals surface area contributed by atoms with Crippen molar-refractivity contribution in [1.82, 2.24) is 4.90 Å². The van der Waals surface area contributed by atoms with Gasteiger partial charge in [0.1, 0.15) is 17.1 Å². The lowest BCUT2D eigenvalue weighted by Gasteiger charge is -2.46. The van der Waals surface area contributed by atoms with Crippen molar-refractivity contribution in [2.45, 2.75) is 26.3 Å². The predicted molar refractivity (Wildman–Crippen MR) is 81.3 cm³/mol. The maximum Gasteiger partial charge on any atom is 0.346 e. The maximum atomic E-state index is 12.4. The predicted octanol–water partition coefficient (Wildman–Crippen LogP) is 2.36. The van der Waals surface area contributed by atoms with Gasteiger partial charge < -0.3 is 15.4 Å². The topological polar surface area (TPSA) is 67.9 Å². The van der Waals surface area contributed by atoms with Crippen molar-refractivity contribution in [3.8, 4) is 5.75 Å². The van der Waals surface area contributed by atoms with Gasteiger partial charge in [-0.25, -0.2) is 4.79 Å². The van der Waals surface area contributed by atoms with Gasteiger partial charge in [-0.15, -0.1) is 0 Å². The van der Waals surface area contributed by atoms with E-state index in [0.29, 0.717) is 24.9 Å². The van der Waals surface area contributed by atoms with Gasteiger partial charge >= 0.3 is 6.03 Å². The number of hydrogen-bond donors (Lipinski definition) is 1. The first-order valence-corrected chi connectivity index (χ1v) is 7.36. The zero-order valence-electron chi connectivity index (χ0n) is 12.7. The summed E-state index contributed by atoms with van der Waals surface area (Å²) in [6.45, 7) is 7.39. The normalized spacial score (nSPS) is 27.8. The summed E-state index contributed by atoms with van der Waals surface area (Å²) in [4.78, 5) is 18.3. The monoisotopic (exact) mass is 287 g/mol. The molecule has 21 heavy (non-hydrogen) atoms. The molecule has 0 fully saturated rings. The number of fused-ring (bicyclic) bond motifs is 2. The maximum absolute atomic E-state index is 12.4. The lowest BCUT2D eigenvalue weighted by molar-refractivity contribution is 0.0737. The van der Waals surface area contributed by atoms with Crippen molar-refractivity contribution in [2.75, 3.05) is 13.2 Å². The number of para-hydroxylation sites is 1. The highest BCUT2D eigenvalue weighted by molar-refractivity contribution is 6.07. The molecule has 1 spiro atoms. The molecule has 0 radical (unpaired) electrons. The van der Waals surface area contributed by atoms with Crippen LogP contribution in [-0.2, 0) is 5.54 Å². The lowest BCUT2D eigenvalue weighted by atomic mass is 9.75. The van der Waals surface area contributed by atoms with E-state index in [1.807, 2.05) is 29.2 Å². The molecule has 0 aromatic heterocycles. The minimum atomic E-state index is -0.670. The number of ether oxygens (including phenoxy) is 1. The molecule has 112 valence electrons. The molecule has 2 aliphatic rings. The standard InChI is InChI=1S/C16H21N3O2/c1-10(2)8-19-15(20)18-14(17)16(19)11(3)9-21-13-7-5-4-6-12(13)16/h4-7,10-11H,8-9H2,1-3H3,(H2,17,18,20). The fraction of sp³-hybridized carbons (Fsp3) is 0.500. The SMILES string of the molecule is CC(C)CN1C(=O)N=C(N)C12c1ccccc1OCC2C. The Morgan fingerprint density at radius 2 is 2.19 bits per heavy atom. The molecule has 0 saturated heterocycles. The number of carbonyl (C=O) groups excluding carboxylic acids is 1. The molecule has 2 atom stereocenters. The molecular weight excluding hydrogens is 266 g/mol. The lowest BCUT2D eigenvalue weighted by Crippen LogP contribution is -2.59. The summed E-state index contributed by atoms with van der Waals surface area (Å²) in [5, 5.41) is 0. The van der Waals surface area contributed by atoms with E-state index in [1.165, 1.54) is 0 Å². The number of amidine groups is 1. The Balaban J connectivity index is 2.20. The van der Waals surface area contributed by atoms with Crippen LogP contribution in [0.3, 0.4) is 0 Å². The summed E-state index contributed by atoms with van der Waals surface area (Å²) in [7, 11) is 0. The van der Waals surface area contributed by atoms with Crippen LogP contribution in [0.2, 0.25) is 0 Å². The third-order valence-electron chi connectivity index (χ3n) is 4.31. The van der Waals surface area contributed by atoms with Crippen molar-refractivity contribution < 1.29 is 9.53 Å². The molecule has 0 bridgehead atoms. The summed E-state index contributed by atoms with van der Waals surface area (Å²) in [5.41, 5.74) is 6.51. The van der Waals surface area contributed by atoms with E-state index in [0.717, 1.165) is 11.3 Å². The van der Waals surface area contributed by atoms with Gasteiger partial charge in [0, 0.05) is 18.0 Å². The van der Waals surface area contributed by atoms with E-state index < -0.39 is 5.54 Å². The second-order valence-corrected chi connectivity index (χ2v) is 6.26. The Bertz CT molecular complexity index is 611. The van der Waals surface area contributed by atoms with Crippen molar-refractivity contribution in [2.24, 2.45) is 22.6 Å². The van der Waals surface area contributed by atoms with Gasteiger partial charge in [-0.05, 0) is 12.0 Å². The number of benzene rings is 1. The van der Waals surface area contributed by atoms with Crippen LogP contribution in [-0.4, -0.2) is 29.9 Å².